The monoisotopic (exact) mass is 225 g/mol. The Morgan fingerprint density at radius 2 is 2.31 bits per heavy atom. The molecule has 1 fully saturated rings. The average molecular weight is 225 g/mol. The van der Waals surface area contributed by atoms with Crippen molar-refractivity contribution in [2.75, 3.05) is 6.54 Å². The van der Waals surface area contributed by atoms with Gasteiger partial charge in [-0.1, -0.05) is 12.1 Å². The smallest absolute Gasteiger partial charge is 0.223 e. The number of aromatic nitrogens is 2. The van der Waals surface area contributed by atoms with Crippen molar-refractivity contribution in [3.05, 3.63) is 11.7 Å². The second kappa shape index (κ2) is 4.51. The third kappa shape index (κ3) is 2.10. The summed E-state index contributed by atoms with van der Waals surface area (Å²) in [4.78, 5) is 4.29. The van der Waals surface area contributed by atoms with Crippen molar-refractivity contribution in [3.63, 3.8) is 0 Å². The van der Waals surface area contributed by atoms with E-state index < -0.39 is 0 Å². The van der Waals surface area contributed by atoms with Crippen LogP contribution in [-0.4, -0.2) is 27.9 Å². The molecule has 0 aromatic carbocycles. The molecule has 90 valence electrons. The second-order valence-corrected chi connectivity index (χ2v) is 4.52. The number of hydrogen-bond acceptors (Lipinski definition) is 5. The number of nitrogens with zero attached hydrogens (tertiary/aromatic N) is 2. The molecule has 1 heterocycles. The van der Waals surface area contributed by atoms with Gasteiger partial charge in [-0.25, -0.2) is 0 Å². The summed E-state index contributed by atoms with van der Waals surface area (Å²) in [6, 6.07) is 0. The predicted molar refractivity (Wildman–Crippen MR) is 58.9 cm³/mol. The van der Waals surface area contributed by atoms with Gasteiger partial charge in [0.1, 0.15) is 0 Å². The van der Waals surface area contributed by atoms with Crippen LogP contribution in [0.3, 0.4) is 0 Å². The normalized spacial score (nSPS) is 20.4. The second-order valence-electron chi connectivity index (χ2n) is 4.52. The van der Waals surface area contributed by atoms with Crippen LogP contribution in [0.2, 0.25) is 0 Å². The number of hydrogen-bond donors (Lipinski definition) is 2. The lowest BCUT2D eigenvalue weighted by atomic mass is 9.76. The van der Waals surface area contributed by atoms with Gasteiger partial charge >= 0.3 is 0 Å². The molecule has 1 aromatic rings. The number of aryl methyl sites for hydroxylation is 1. The Morgan fingerprint density at radius 3 is 2.75 bits per heavy atom. The van der Waals surface area contributed by atoms with E-state index in [0.717, 1.165) is 25.1 Å². The van der Waals surface area contributed by atoms with Gasteiger partial charge in [0, 0.05) is 13.5 Å². The van der Waals surface area contributed by atoms with Gasteiger partial charge in [0.2, 0.25) is 5.89 Å². The molecule has 0 unspecified atom stereocenters. The first kappa shape index (κ1) is 11.5. The minimum atomic E-state index is -0.300. The number of rotatable bonds is 5. The van der Waals surface area contributed by atoms with E-state index in [-0.39, 0.29) is 11.6 Å². The maximum atomic E-state index is 9.57. The molecule has 0 aliphatic heterocycles. The fourth-order valence-corrected chi connectivity index (χ4v) is 1.96. The fraction of sp³-hybridized carbons (Fsp3) is 0.818. The van der Waals surface area contributed by atoms with E-state index >= 15 is 0 Å². The highest BCUT2D eigenvalue weighted by Gasteiger charge is 2.42. The Morgan fingerprint density at radius 1 is 1.56 bits per heavy atom. The molecule has 16 heavy (non-hydrogen) atoms. The molecule has 1 atom stereocenters. The summed E-state index contributed by atoms with van der Waals surface area (Å²) in [5.41, 5.74) is -0.159. The van der Waals surface area contributed by atoms with E-state index in [1.165, 1.54) is 6.42 Å². The molecule has 2 rings (SSSR count). The number of nitrogens with one attached hydrogen (secondary N) is 1. The summed E-state index contributed by atoms with van der Waals surface area (Å²) in [7, 11) is 0. The molecule has 0 amide bonds. The highest BCUT2D eigenvalue weighted by atomic mass is 16.5. The summed E-state index contributed by atoms with van der Waals surface area (Å²) in [5.74, 6) is 1.33. The van der Waals surface area contributed by atoms with Crippen molar-refractivity contribution >= 4 is 0 Å². The zero-order valence-electron chi connectivity index (χ0n) is 9.86. The molecule has 2 N–H and O–H groups in total. The minimum Gasteiger partial charge on any atom is -0.392 e. The lowest BCUT2D eigenvalue weighted by Gasteiger charge is -2.40. The van der Waals surface area contributed by atoms with E-state index in [4.69, 9.17) is 4.52 Å². The lowest BCUT2D eigenvalue weighted by molar-refractivity contribution is 0.111. The van der Waals surface area contributed by atoms with Crippen LogP contribution < -0.4 is 5.32 Å². The van der Waals surface area contributed by atoms with Crippen LogP contribution in [0.4, 0.5) is 0 Å². The van der Waals surface area contributed by atoms with Crippen LogP contribution in [0.1, 0.15) is 44.3 Å². The fourth-order valence-electron chi connectivity index (χ4n) is 1.96. The van der Waals surface area contributed by atoms with E-state index in [1.54, 1.807) is 6.92 Å². The van der Waals surface area contributed by atoms with Crippen LogP contribution in [-0.2, 0) is 5.54 Å². The molecule has 0 bridgehead atoms. The highest BCUT2D eigenvalue weighted by Crippen LogP contribution is 2.39. The number of aliphatic hydroxyl groups is 1. The summed E-state index contributed by atoms with van der Waals surface area (Å²) < 4.78 is 5.02. The van der Waals surface area contributed by atoms with Crippen LogP contribution in [0.25, 0.3) is 0 Å². The molecular formula is C11H19N3O2. The Balaban J connectivity index is 2.02. The molecule has 0 spiro atoms. The van der Waals surface area contributed by atoms with Gasteiger partial charge in [-0.15, -0.1) is 0 Å². The molecule has 1 aromatic heterocycles. The van der Waals surface area contributed by atoms with E-state index in [2.05, 4.69) is 15.5 Å². The summed E-state index contributed by atoms with van der Waals surface area (Å²) in [6.45, 7) is 4.35. The maximum absolute atomic E-state index is 9.57. The maximum Gasteiger partial charge on any atom is 0.223 e. The van der Waals surface area contributed by atoms with Gasteiger partial charge < -0.3 is 14.9 Å². The SMILES string of the molecule is CC[C@@H](O)CNC1(c2noc(C)n2)CCC1. The van der Waals surface area contributed by atoms with Crippen LogP contribution in [0, 0.1) is 6.92 Å². The van der Waals surface area contributed by atoms with Gasteiger partial charge in [0.05, 0.1) is 11.6 Å². The topological polar surface area (TPSA) is 71.2 Å². The van der Waals surface area contributed by atoms with E-state index in [0.29, 0.717) is 12.4 Å². The molecule has 1 aliphatic rings. The van der Waals surface area contributed by atoms with Crippen molar-refractivity contribution in [2.24, 2.45) is 0 Å². The largest absolute Gasteiger partial charge is 0.392 e. The van der Waals surface area contributed by atoms with Crippen LogP contribution in [0.5, 0.6) is 0 Å². The molecule has 5 heteroatoms. The highest BCUT2D eigenvalue weighted by molar-refractivity contribution is 5.10. The molecule has 1 saturated carbocycles. The van der Waals surface area contributed by atoms with Crippen LogP contribution in [0.15, 0.2) is 4.52 Å². The molecule has 1 aliphatic carbocycles. The zero-order chi connectivity index (χ0) is 11.6. The van der Waals surface area contributed by atoms with Crippen LogP contribution >= 0.6 is 0 Å². The van der Waals surface area contributed by atoms with Crippen molar-refractivity contribution in [1.82, 2.24) is 15.5 Å². The van der Waals surface area contributed by atoms with E-state index in [1.807, 2.05) is 6.92 Å². The molecule has 0 radical (unpaired) electrons. The Kier molecular flexibility index (Phi) is 3.25. The third-order valence-corrected chi connectivity index (χ3v) is 3.31. The van der Waals surface area contributed by atoms with Crippen molar-refractivity contribution in [3.8, 4) is 0 Å². The summed E-state index contributed by atoms with van der Waals surface area (Å²) >= 11 is 0. The zero-order valence-corrected chi connectivity index (χ0v) is 9.86. The minimum absolute atomic E-state index is 0.159. The molecule has 0 saturated heterocycles. The van der Waals surface area contributed by atoms with Crippen molar-refractivity contribution in [1.29, 1.82) is 0 Å². The first-order valence-corrected chi connectivity index (χ1v) is 5.90. The Hall–Kier alpha value is -0.940. The van der Waals surface area contributed by atoms with Crippen molar-refractivity contribution < 1.29 is 9.63 Å². The number of aliphatic hydroxyl groups excluding tert-OH is 1. The quantitative estimate of drug-likeness (QED) is 0.785. The molecular weight excluding hydrogens is 206 g/mol. The van der Waals surface area contributed by atoms with Gasteiger partial charge in [0.15, 0.2) is 5.82 Å². The summed E-state index contributed by atoms with van der Waals surface area (Å²) in [6.07, 6.45) is 3.66. The van der Waals surface area contributed by atoms with E-state index in [9.17, 15) is 5.11 Å². The Bertz CT molecular complexity index is 347. The first-order valence-electron chi connectivity index (χ1n) is 5.90. The average Bonchev–Trinajstić information content (AvgIpc) is 2.63. The van der Waals surface area contributed by atoms with Crippen molar-refractivity contribution in [2.45, 2.75) is 51.2 Å². The lowest BCUT2D eigenvalue weighted by Crippen LogP contribution is -2.51. The van der Waals surface area contributed by atoms with Gasteiger partial charge in [-0.3, -0.25) is 0 Å². The standard InChI is InChI=1S/C11H19N3O2/c1-3-9(15)7-12-11(5-4-6-11)10-13-8(2)16-14-10/h9,12,15H,3-7H2,1-2H3/t9-/m1/s1. The van der Waals surface area contributed by atoms with Gasteiger partial charge in [-0.2, -0.15) is 4.98 Å². The first-order chi connectivity index (χ1) is 7.66. The predicted octanol–water partition coefficient (Wildman–Crippen LogP) is 1.12. The third-order valence-electron chi connectivity index (χ3n) is 3.31. The van der Waals surface area contributed by atoms with Gasteiger partial charge in [0.25, 0.3) is 0 Å². The Labute approximate surface area is 95.2 Å². The summed E-state index contributed by atoms with van der Waals surface area (Å²) in [5, 5.41) is 16.9. The van der Waals surface area contributed by atoms with Gasteiger partial charge in [-0.05, 0) is 25.7 Å². The molecule has 5 nitrogen and oxygen atoms in total.